The van der Waals surface area contributed by atoms with Crippen LogP contribution in [0.25, 0.3) is 15.9 Å². The molecule has 5 heterocycles. The monoisotopic (exact) mass is 562 g/mol. The largest absolute Gasteiger partial charge is 0.396 e. The summed E-state index contributed by atoms with van der Waals surface area (Å²) >= 11 is 1.64. The smallest absolute Gasteiger partial charge is 0.261 e. The Kier molecular flexibility index (Phi) is 6.30. The van der Waals surface area contributed by atoms with E-state index >= 15 is 0 Å². The number of anilines is 2. The number of nitrogens with one attached hydrogen (secondary N) is 1. The number of thiazole rings is 1. The molecule has 3 aromatic heterocycles. The van der Waals surface area contributed by atoms with Crippen molar-refractivity contribution in [2.45, 2.75) is 69.6 Å². The van der Waals surface area contributed by atoms with Crippen LogP contribution < -0.4 is 10.2 Å². The van der Waals surface area contributed by atoms with Crippen molar-refractivity contribution in [3.63, 3.8) is 0 Å². The van der Waals surface area contributed by atoms with Crippen LogP contribution in [-0.4, -0.2) is 67.6 Å². The van der Waals surface area contributed by atoms with Gasteiger partial charge in [0.25, 0.3) is 5.91 Å². The summed E-state index contributed by atoms with van der Waals surface area (Å²) in [6.07, 6.45) is 8.67. The second-order valence-corrected chi connectivity index (χ2v) is 13.0. The minimum atomic E-state index is -1.19. The number of ether oxygens (including phenoxy) is 1. The first kappa shape index (κ1) is 25.8. The molecule has 1 amide bonds. The highest BCUT2D eigenvalue weighted by atomic mass is 32.1. The third-order valence-corrected chi connectivity index (χ3v) is 9.88. The number of hydrogen-bond donors (Lipinski definition) is 3. The maximum atomic E-state index is 13.6. The molecule has 2 saturated heterocycles. The number of amides is 1. The van der Waals surface area contributed by atoms with Gasteiger partial charge in [0.1, 0.15) is 11.4 Å². The number of benzene rings is 1. The molecule has 2 atom stereocenters. The van der Waals surface area contributed by atoms with E-state index in [0.29, 0.717) is 46.9 Å². The van der Waals surface area contributed by atoms with Gasteiger partial charge in [0.15, 0.2) is 5.65 Å². The molecule has 3 N–H and O–H groups in total. The van der Waals surface area contributed by atoms with Gasteiger partial charge in [-0.05, 0) is 70.1 Å². The van der Waals surface area contributed by atoms with E-state index in [-0.39, 0.29) is 18.6 Å². The molecule has 3 fully saturated rings. The number of aliphatic hydroxyl groups excluding tert-OH is 1. The minimum absolute atomic E-state index is 0.244. The SMILES string of the molecule is CC(C)(O)c1cc2nc(C3CCC(CO)CC3)sc2cc1NC(=O)c1cnn2ccc(N3C[C@H]4C[C@@H]3CO4)nc12. The van der Waals surface area contributed by atoms with E-state index in [0.717, 1.165) is 59.7 Å². The molecule has 1 aromatic carbocycles. The molecule has 3 aliphatic rings. The predicted octanol–water partition coefficient (Wildman–Crippen LogP) is 4.06. The molecule has 1 aliphatic carbocycles. The van der Waals surface area contributed by atoms with Gasteiger partial charge in [-0.25, -0.2) is 14.5 Å². The Hall–Kier alpha value is -3.12. The fourth-order valence-electron chi connectivity index (χ4n) is 6.42. The summed E-state index contributed by atoms with van der Waals surface area (Å²) < 4.78 is 8.32. The van der Waals surface area contributed by atoms with Gasteiger partial charge >= 0.3 is 0 Å². The zero-order valence-electron chi connectivity index (χ0n) is 22.7. The molecule has 7 rings (SSSR count). The average Bonchev–Trinajstić information content (AvgIpc) is 3.74. The van der Waals surface area contributed by atoms with Gasteiger partial charge in [-0.15, -0.1) is 11.3 Å². The van der Waals surface area contributed by atoms with Crippen molar-refractivity contribution in [3.05, 3.63) is 46.7 Å². The van der Waals surface area contributed by atoms with Crippen molar-refractivity contribution in [2.75, 3.05) is 30.0 Å². The number of fused-ring (bicyclic) bond motifs is 4. The number of nitrogens with zero attached hydrogens (tertiary/aromatic N) is 5. The molecule has 11 heteroatoms. The Balaban J connectivity index is 1.19. The highest BCUT2D eigenvalue weighted by molar-refractivity contribution is 7.18. The molecule has 10 nitrogen and oxygen atoms in total. The minimum Gasteiger partial charge on any atom is -0.396 e. The average molecular weight is 563 g/mol. The number of morpholine rings is 1. The van der Waals surface area contributed by atoms with Gasteiger partial charge < -0.3 is 25.2 Å². The lowest BCUT2D eigenvalue weighted by Crippen LogP contribution is -2.37. The van der Waals surface area contributed by atoms with Crippen LogP contribution in [0.2, 0.25) is 0 Å². The van der Waals surface area contributed by atoms with Gasteiger partial charge in [-0.3, -0.25) is 4.79 Å². The zero-order valence-corrected chi connectivity index (χ0v) is 23.5. The summed E-state index contributed by atoms with van der Waals surface area (Å²) in [5.41, 5.74) is 1.65. The van der Waals surface area contributed by atoms with Gasteiger partial charge in [0.2, 0.25) is 0 Å². The molecule has 210 valence electrons. The summed E-state index contributed by atoms with van der Waals surface area (Å²) in [5.74, 6) is 1.25. The lowest BCUT2D eigenvalue weighted by atomic mass is 9.83. The van der Waals surface area contributed by atoms with Crippen LogP contribution in [0.3, 0.4) is 0 Å². The van der Waals surface area contributed by atoms with E-state index in [4.69, 9.17) is 14.7 Å². The summed E-state index contributed by atoms with van der Waals surface area (Å²) in [6.45, 7) is 5.18. The second kappa shape index (κ2) is 9.76. The van der Waals surface area contributed by atoms with E-state index in [1.807, 2.05) is 24.4 Å². The first-order valence-corrected chi connectivity index (χ1v) is 14.9. The fourth-order valence-corrected chi connectivity index (χ4v) is 7.57. The van der Waals surface area contributed by atoms with Gasteiger partial charge in [-0.2, -0.15) is 5.10 Å². The number of aliphatic hydroxyl groups is 2. The summed E-state index contributed by atoms with van der Waals surface area (Å²) in [5, 5.41) is 29.0. The molecule has 1 saturated carbocycles. The van der Waals surface area contributed by atoms with Gasteiger partial charge in [0, 0.05) is 36.5 Å². The molecule has 4 aromatic rings. The van der Waals surface area contributed by atoms with E-state index in [1.54, 1.807) is 29.7 Å². The third kappa shape index (κ3) is 4.54. The first-order valence-electron chi connectivity index (χ1n) is 14.1. The molecule has 2 bridgehead atoms. The third-order valence-electron chi connectivity index (χ3n) is 8.70. The predicted molar refractivity (Wildman–Crippen MR) is 153 cm³/mol. The summed E-state index contributed by atoms with van der Waals surface area (Å²) in [7, 11) is 0. The van der Waals surface area contributed by atoms with Crippen molar-refractivity contribution in [2.24, 2.45) is 5.92 Å². The standard InChI is InChI=1S/C29H34N6O4S/c1-29(2,38)21-10-23-24(40-28(32-23)17-5-3-16(14-36)4-6-17)11-22(21)31-27(37)20-12-30-35-8-7-25(33-26(20)35)34-13-19-9-18(34)15-39-19/h7-8,10-12,16-19,36,38H,3-6,9,13-15H2,1-2H3,(H,31,37)/t16?,17?,18-,19-/m1/s1. The van der Waals surface area contributed by atoms with Crippen molar-refractivity contribution in [3.8, 4) is 0 Å². The lowest BCUT2D eigenvalue weighted by molar-refractivity contribution is 0.0794. The van der Waals surface area contributed by atoms with Crippen LogP contribution >= 0.6 is 11.3 Å². The second-order valence-electron chi connectivity index (χ2n) is 11.9. The number of rotatable bonds is 6. The molecule has 0 unspecified atom stereocenters. The van der Waals surface area contributed by atoms with Gasteiger partial charge in [0.05, 0.1) is 45.8 Å². The molecule has 0 radical (unpaired) electrons. The molecular formula is C29H34N6O4S. The van der Waals surface area contributed by atoms with E-state index in [1.165, 1.54) is 6.20 Å². The quantitative estimate of drug-likeness (QED) is 0.321. The van der Waals surface area contributed by atoms with Crippen LogP contribution in [-0.2, 0) is 10.3 Å². The normalized spacial score (nSPS) is 24.9. The fraction of sp³-hybridized carbons (Fsp3) is 0.517. The molecule has 40 heavy (non-hydrogen) atoms. The first-order chi connectivity index (χ1) is 19.3. The summed E-state index contributed by atoms with van der Waals surface area (Å²) in [4.78, 5) is 25.6. The lowest BCUT2D eigenvalue weighted by Gasteiger charge is -2.27. The number of carbonyl (C=O) groups excluding carboxylic acids is 1. The highest BCUT2D eigenvalue weighted by Crippen LogP contribution is 2.41. The van der Waals surface area contributed by atoms with Crippen LogP contribution in [0.15, 0.2) is 30.6 Å². The molecular weight excluding hydrogens is 528 g/mol. The molecule has 2 aliphatic heterocycles. The maximum Gasteiger partial charge on any atom is 0.261 e. The zero-order chi connectivity index (χ0) is 27.6. The van der Waals surface area contributed by atoms with E-state index < -0.39 is 5.60 Å². The highest BCUT2D eigenvalue weighted by Gasteiger charge is 2.39. The number of aromatic nitrogens is 4. The van der Waals surface area contributed by atoms with Crippen LogP contribution in [0, 0.1) is 5.92 Å². The van der Waals surface area contributed by atoms with Crippen LogP contribution in [0.5, 0.6) is 0 Å². The van der Waals surface area contributed by atoms with Gasteiger partial charge in [-0.1, -0.05) is 0 Å². The van der Waals surface area contributed by atoms with Crippen molar-refractivity contribution in [1.82, 2.24) is 19.6 Å². The van der Waals surface area contributed by atoms with E-state index in [9.17, 15) is 15.0 Å². The van der Waals surface area contributed by atoms with Crippen LogP contribution in [0.4, 0.5) is 11.5 Å². The Morgan fingerprint density at radius 1 is 1.23 bits per heavy atom. The van der Waals surface area contributed by atoms with Crippen molar-refractivity contribution >= 4 is 44.6 Å². The van der Waals surface area contributed by atoms with Crippen molar-refractivity contribution in [1.29, 1.82) is 0 Å². The Morgan fingerprint density at radius 3 is 2.75 bits per heavy atom. The Bertz CT molecular complexity index is 1580. The maximum absolute atomic E-state index is 13.6. The Morgan fingerprint density at radius 2 is 2.05 bits per heavy atom. The van der Waals surface area contributed by atoms with E-state index in [2.05, 4.69) is 15.3 Å². The molecule has 0 spiro atoms. The Labute approximate surface area is 236 Å². The number of hydrogen-bond acceptors (Lipinski definition) is 9. The van der Waals surface area contributed by atoms with Crippen LogP contribution in [0.1, 0.15) is 72.8 Å². The number of carbonyl (C=O) groups is 1. The topological polar surface area (TPSA) is 125 Å². The van der Waals surface area contributed by atoms with Crippen molar-refractivity contribution < 1.29 is 19.7 Å². The summed E-state index contributed by atoms with van der Waals surface area (Å²) in [6, 6.07) is 6.06.